The van der Waals surface area contributed by atoms with Crippen molar-refractivity contribution in [2.75, 3.05) is 5.32 Å². The molecule has 1 N–H and O–H groups in total. The van der Waals surface area contributed by atoms with E-state index in [0.717, 1.165) is 29.6 Å². The molecular weight excluding hydrogens is 470 g/mol. The zero-order valence-electron chi connectivity index (χ0n) is 19.3. The number of benzene rings is 2. The Morgan fingerprint density at radius 1 is 0.944 bits per heavy atom. The molecule has 0 radical (unpaired) electrons. The van der Waals surface area contributed by atoms with Crippen molar-refractivity contribution in [1.82, 2.24) is 19.5 Å². The van der Waals surface area contributed by atoms with Crippen molar-refractivity contribution >= 4 is 23.0 Å². The van der Waals surface area contributed by atoms with Crippen molar-refractivity contribution in [2.24, 2.45) is 0 Å². The molecule has 0 spiro atoms. The van der Waals surface area contributed by atoms with Crippen molar-refractivity contribution < 1.29 is 19.4 Å². The quantitative estimate of drug-likeness (QED) is 0.291. The Balaban J connectivity index is 1.51. The van der Waals surface area contributed by atoms with Gasteiger partial charge in [0.25, 0.3) is 17.3 Å². The van der Waals surface area contributed by atoms with Gasteiger partial charge < -0.3 is 10.1 Å². The maximum Gasteiger partial charge on any atom is 0.277 e. The number of aromatic nitrogens is 4. The topological polar surface area (TPSA) is 168 Å². The molecule has 0 unspecified atom stereocenters. The van der Waals surface area contributed by atoms with E-state index < -0.39 is 27.1 Å². The summed E-state index contributed by atoms with van der Waals surface area (Å²) in [6.07, 6.45) is 1.67. The summed E-state index contributed by atoms with van der Waals surface area (Å²) < 4.78 is 7.68. The van der Waals surface area contributed by atoms with Crippen LogP contribution in [0.25, 0.3) is 5.82 Å². The molecule has 13 nitrogen and oxygen atoms in total. The third kappa shape index (κ3) is 5.14. The van der Waals surface area contributed by atoms with E-state index >= 15 is 0 Å². The number of aryl methyl sites for hydroxylation is 2. The molecule has 0 saturated carbocycles. The van der Waals surface area contributed by atoms with E-state index in [4.69, 9.17) is 4.74 Å². The van der Waals surface area contributed by atoms with Crippen molar-refractivity contribution in [3.8, 4) is 17.4 Å². The zero-order valence-corrected chi connectivity index (χ0v) is 19.3. The van der Waals surface area contributed by atoms with Crippen LogP contribution < -0.4 is 10.1 Å². The number of imidazole rings is 1. The fraction of sp³-hybridized carbons (Fsp3) is 0.130. The summed E-state index contributed by atoms with van der Waals surface area (Å²) >= 11 is 0. The van der Waals surface area contributed by atoms with Gasteiger partial charge in [-0.05, 0) is 45.0 Å². The van der Waals surface area contributed by atoms with Crippen LogP contribution in [0, 0.1) is 41.0 Å². The Labute approximate surface area is 203 Å². The second-order valence-corrected chi connectivity index (χ2v) is 7.73. The molecule has 1 amide bonds. The zero-order chi connectivity index (χ0) is 26.0. The lowest BCUT2D eigenvalue weighted by Crippen LogP contribution is -2.12. The SMILES string of the molecule is Cc1nc(Oc2ccc(NC(=O)c3cc([N+](=O)[O-])cc([N+](=O)[O-])c3)cc2)cc(-n2cnc(C)c2C)n1. The standard InChI is InChI=1S/C23H19N7O6/c1-13-14(2)28(12-24-13)21-11-22(26-15(3)25-21)36-20-6-4-17(5-7-20)27-23(31)16-8-18(29(32)33)10-19(9-16)30(34)35/h4-12H,1-3H3,(H,27,31). The molecular formula is C23H19N7O6. The van der Waals surface area contributed by atoms with E-state index in [9.17, 15) is 25.0 Å². The molecule has 182 valence electrons. The predicted octanol–water partition coefficient (Wildman–Crippen LogP) is 4.45. The van der Waals surface area contributed by atoms with E-state index in [1.807, 2.05) is 18.4 Å². The Kier molecular flexibility index (Phi) is 6.37. The fourth-order valence-corrected chi connectivity index (χ4v) is 3.30. The van der Waals surface area contributed by atoms with Crippen LogP contribution in [0.2, 0.25) is 0 Å². The van der Waals surface area contributed by atoms with Crippen LogP contribution in [0.15, 0.2) is 54.9 Å². The van der Waals surface area contributed by atoms with Crippen LogP contribution in [0.3, 0.4) is 0 Å². The first-order chi connectivity index (χ1) is 17.1. The van der Waals surface area contributed by atoms with Gasteiger partial charge in [-0.15, -0.1) is 0 Å². The lowest BCUT2D eigenvalue weighted by atomic mass is 10.1. The van der Waals surface area contributed by atoms with E-state index in [-0.39, 0.29) is 5.56 Å². The number of non-ortho nitro benzene ring substituents is 2. The molecule has 0 bridgehead atoms. The van der Waals surface area contributed by atoms with E-state index in [1.54, 1.807) is 43.6 Å². The van der Waals surface area contributed by atoms with Crippen LogP contribution in [-0.4, -0.2) is 35.3 Å². The van der Waals surface area contributed by atoms with Crippen LogP contribution in [0.1, 0.15) is 27.6 Å². The first-order valence-corrected chi connectivity index (χ1v) is 10.5. The third-order valence-corrected chi connectivity index (χ3v) is 5.22. The molecule has 4 aromatic rings. The fourth-order valence-electron chi connectivity index (χ4n) is 3.30. The summed E-state index contributed by atoms with van der Waals surface area (Å²) in [5.41, 5.74) is 0.840. The van der Waals surface area contributed by atoms with Crippen LogP contribution in [0.5, 0.6) is 11.6 Å². The molecule has 2 aromatic heterocycles. The van der Waals surface area contributed by atoms with Crippen molar-refractivity contribution in [3.63, 3.8) is 0 Å². The van der Waals surface area contributed by atoms with Gasteiger partial charge >= 0.3 is 0 Å². The predicted molar refractivity (Wildman–Crippen MR) is 128 cm³/mol. The molecule has 0 aliphatic carbocycles. The second kappa shape index (κ2) is 9.58. The van der Waals surface area contributed by atoms with Crippen LogP contribution >= 0.6 is 0 Å². The van der Waals surface area contributed by atoms with E-state index in [1.165, 1.54) is 0 Å². The molecule has 0 fully saturated rings. The lowest BCUT2D eigenvalue weighted by molar-refractivity contribution is -0.394. The Morgan fingerprint density at radius 2 is 1.58 bits per heavy atom. The summed E-state index contributed by atoms with van der Waals surface area (Å²) in [5.74, 6) is 1.11. The number of anilines is 1. The summed E-state index contributed by atoms with van der Waals surface area (Å²) in [5, 5.41) is 24.7. The third-order valence-electron chi connectivity index (χ3n) is 5.22. The summed E-state index contributed by atoms with van der Waals surface area (Å²) in [6, 6.07) is 10.7. The number of carbonyl (C=O) groups excluding carboxylic acids is 1. The van der Waals surface area contributed by atoms with Gasteiger partial charge in [0.05, 0.1) is 27.2 Å². The summed E-state index contributed by atoms with van der Waals surface area (Å²) in [7, 11) is 0. The molecule has 4 rings (SSSR count). The number of amides is 1. The Bertz CT molecular complexity index is 1470. The first kappa shape index (κ1) is 23.9. The Hall–Kier alpha value is -5.20. The smallest absolute Gasteiger partial charge is 0.277 e. The number of nitrogens with one attached hydrogen (secondary N) is 1. The highest BCUT2D eigenvalue weighted by Crippen LogP contribution is 2.26. The monoisotopic (exact) mass is 489 g/mol. The number of carbonyl (C=O) groups is 1. The molecule has 0 aliphatic heterocycles. The van der Waals surface area contributed by atoms with Crippen molar-refractivity contribution in [1.29, 1.82) is 0 Å². The summed E-state index contributed by atoms with van der Waals surface area (Å²) in [4.78, 5) is 46.1. The minimum absolute atomic E-state index is 0.217. The first-order valence-electron chi connectivity index (χ1n) is 10.5. The minimum Gasteiger partial charge on any atom is -0.439 e. The largest absolute Gasteiger partial charge is 0.439 e. The molecule has 0 atom stereocenters. The average molecular weight is 489 g/mol. The number of ether oxygens (including phenoxy) is 1. The van der Waals surface area contributed by atoms with Crippen LogP contribution in [-0.2, 0) is 0 Å². The van der Waals surface area contributed by atoms with Crippen molar-refractivity contribution in [2.45, 2.75) is 20.8 Å². The van der Waals surface area contributed by atoms with E-state index in [2.05, 4.69) is 20.3 Å². The van der Waals surface area contributed by atoms with Gasteiger partial charge in [0.2, 0.25) is 5.88 Å². The lowest BCUT2D eigenvalue weighted by Gasteiger charge is -2.10. The Morgan fingerprint density at radius 3 is 2.14 bits per heavy atom. The van der Waals surface area contributed by atoms with Gasteiger partial charge in [-0.25, -0.2) is 9.97 Å². The van der Waals surface area contributed by atoms with Crippen molar-refractivity contribution in [3.05, 3.63) is 97.9 Å². The summed E-state index contributed by atoms with van der Waals surface area (Å²) in [6.45, 7) is 5.57. The number of nitrogens with zero attached hydrogens (tertiary/aromatic N) is 6. The maximum absolute atomic E-state index is 12.6. The molecule has 36 heavy (non-hydrogen) atoms. The van der Waals surface area contributed by atoms with Gasteiger partial charge in [0.15, 0.2) is 0 Å². The van der Waals surface area contributed by atoms with Gasteiger partial charge in [0.1, 0.15) is 23.7 Å². The minimum atomic E-state index is -0.800. The molecule has 2 aromatic carbocycles. The molecule has 2 heterocycles. The number of rotatable bonds is 7. The van der Waals surface area contributed by atoms with Gasteiger partial charge in [-0.3, -0.25) is 29.6 Å². The highest BCUT2D eigenvalue weighted by molar-refractivity contribution is 6.05. The highest BCUT2D eigenvalue weighted by atomic mass is 16.6. The van der Waals surface area contributed by atoms with Crippen LogP contribution in [0.4, 0.5) is 17.1 Å². The van der Waals surface area contributed by atoms with E-state index in [0.29, 0.717) is 29.0 Å². The number of hydrogen-bond acceptors (Lipinski definition) is 9. The molecule has 0 saturated heterocycles. The van der Waals surface area contributed by atoms with Gasteiger partial charge in [-0.1, -0.05) is 0 Å². The molecule has 0 aliphatic rings. The van der Waals surface area contributed by atoms with Gasteiger partial charge in [0, 0.05) is 29.6 Å². The van der Waals surface area contributed by atoms with Gasteiger partial charge in [-0.2, -0.15) is 4.98 Å². The molecule has 13 heteroatoms. The highest BCUT2D eigenvalue weighted by Gasteiger charge is 2.20. The second-order valence-electron chi connectivity index (χ2n) is 7.73. The number of hydrogen-bond donors (Lipinski definition) is 1. The number of nitro benzene ring substituents is 2. The normalized spacial score (nSPS) is 10.6. The maximum atomic E-state index is 12.6. The average Bonchev–Trinajstić information content (AvgIpc) is 3.17. The number of nitro groups is 2.